The topological polar surface area (TPSA) is 59.6 Å². The summed E-state index contributed by atoms with van der Waals surface area (Å²) in [7, 11) is 0. The molecule has 0 aliphatic carbocycles. The van der Waals surface area contributed by atoms with Gasteiger partial charge in [0.05, 0.1) is 6.61 Å². The third kappa shape index (κ3) is 7.70. The van der Waals surface area contributed by atoms with E-state index in [1.807, 2.05) is 20.8 Å². The van der Waals surface area contributed by atoms with E-state index in [9.17, 15) is 4.79 Å². The van der Waals surface area contributed by atoms with E-state index < -0.39 is 5.60 Å². The van der Waals surface area contributed by atoms with Crippen molar-refractivity contribution in [2.24, 2.45) is 0 Å². The fraction of sp³-hybridized carbons (Fsp3) is 0.933. The maximum Gasteiger partial charge on any atom is 0.407 e. The summed E-state index contributed by atoms with van der Waals surface area (Å²) in [6, 6.07) is 0.681. The minimum Gasteiger partial charge on any atom is -0.444 e. The van der Waals surface area contributed by atoms with Crippen molar-refractivity contribution in [3.05, 3.63) is 0 Å². The predicted molar refractivity (Wildman–Crippen MR) is 79.9 cm³/mol. The molecule has 1 fully saturated rings. The van der Waals surface area contributed by atoms with E-state index in [4.69, 9.17) is 9.47 Å². The van der Waals surface area contributed by atoms with Crippen LogP contribution in [0.15, 0.2) is 0 Å². The number of ether oxygens (including phenoxy) is 2. The van der Waals surface area contributed by atoms with Crippen LogP contribution in [-0.2, 0) is 9.47 Å². The van der Waals surface area contributed by atoms with Gasteiger partial charge in [0.1, 0.15) is 5.60 Å². The molecule has 2 unspecified atom stereocenters. The van der Waals surface area contributed by atoms with Crippen molar-refractivity contribution in [1.82, 2.24) is 10.6 Å². The molecule has 1 heterocycles. The first-order chi connectivity index (χ1) is 9.40. The molecule has 20 heavy (non-hydrogen) atoms. The Hall–Kier alpha value is -0.810. The molecule has 0 aromatic heterocycles. The van der Waals surface area contributed by atoms with Gasteiger partial charge in [0.2, 0.25) is 0 Å². The maximum atomic E-state index is 11.7. The molecule has 0 saturated carbocycles. The highest BCUT2D eigenvalue weighted by molar-refractivity contribution is 5.67. The molecular formula is C15H30N2O3. The third-order valence-electron chi connectivity index (χ3n) is 3.16. The summed E-state index contributed by atoms with van der Waals surface area (Å²) in [5.74, 6) is 0. The minimum absolute atomic E-state index is 0.277. The lowest BCUT2D eigenvalue weighted by atomic mass is 10.1. The molecule has 2 N–H and O–H groups in total. The zero-order valence-corrected chi connectivity index (χ0v) is 13.3. The highest BCUT2D eigenvalue weighted by atomic mass is 16.6. The average Bonchev–Trinajstić information content (AvgIpc) is 2.35. The van der Waals surface area contributed by atoms with Crippen molar-refractivity contribution in [1.29, 1.82) is 0 Å². The predicted octanol–water partition coefficient (Wildman–Crippen LogP) is 2.45. The lowest BCUT2D eigenvalue weighted by molar-refractivity contribution is 0.0506. The van der Waals surface area contributed by atoms with Crippen LogP contribution < -0.4 is 10.6 Å². The van der Waals surface area contributed by atoms with Gasteiger partial charge >= 0.3 is 6.09 Å². The first-order valence-corrected chi connectivity index (χ1v) is 7.71. The van der Waals surface area contributed by atoms with Crippen molar-refractivity contribution < 1.29 is 14.3 Å². The second kappa shape index (κ2) is 8.47. The van der Waals surface area contributed by atoms with Crippen LogP contribution in [0.25, 0.3) is 0 Å². The molecule has 1 aliphatic rings. The normalized spacial score (nSPS) is 21.3. The number of amides is 1. The van der Waals surface area contributed by atoms with E-state index in [0.717, 1.165) is 38.9 Å². The van der Waals surface area contributed by atoms with Crippen LogP contribution in [0.1, 0.15) is 53.4 Å². The zero-order chi connectivity index (χ0) is 15.0. The molecule has 0 aromatic rings. The summed E-state index contributed by atoms with van der Waals surface area (Å²) >= 11 is 0. The van der Waals surface area contributed by atoms with Gasteiger partial charge in [-0.25, -0.2) is 4.79 Å². The monoisotopic (exact) mass is 286 g/mol. The fourth-order valence-corrected chi connectivity index (χ4v) is 2.32. The van der Waals surface area contributed by atoms with Gasteiger partial charge in [-0.1, -0.05) is 13.3 Å². The van der Waals surface area contributed by atoms with Crippen LogP contribution in [-0.4, -0.2) is 43.5 Å². The van der Waals surface area contributed by atoms with Crippen LogP contribution in [0.5, 0.6) is 0 Å². The van der Waals surface area contributed by atoms with Crippen molar-refractivity contribution >= 4 is 6.09 Å². The summed E-state index contributed by atoms with van der Waals surface area (Å²) in [5, 5.41) is 6.43. The molecule has 1 rings (SSSR count). The molecule has 0 spiro atoms. The maximum absolute atomic E-state index is 11.7. The van der Waals surface area contributed by atoms with E-state index >= 15 is 0 Å². The van der Waals surface area contributed by atoms with Crippen molar-refractivity contribution in [3.8, 4) is 0 Å². The van der Waals surface area contributed by atoms with Gasteiger partial charge in [-0.2, -0.15) is 0 Å². The van der Waals surface area contributed by atoms with Gasteiger partial charge in [-0.15, -0.1) is 0 Å². The Kier molecular flexibility index (Phi) is 7.30. The van der Waals surface area contributed by atoms with Crippen LogP contribution in [0.3, 0.4) is 0 Å². The van der Waals surface area contributed by atoms with Gasteiger partial charge in [0, 0.05) is 25.2 Å². The first kappa shape index (κ1) is 17.2. The fourth-order valence-electron chi connectivity index (χ4n) is 2.32. The van der Waals surface area contributed by atoms with Crippen LogP contribution >= 0.6 is 0 Å². The second-order valence-corrected chi connectivity index (χ2v) is 6.45. The Morgan fingerprint density at radius 3 is 2.75 bits per heavy atom. The number of hydrogen-bond acceptors (Lipinski definition) is 4. The number of hydrogen-bond donors (Lipinski definition) is 2. The van der Waals surface area contributed by atoms with Crippen LogP contribution in [0.4, 0.5) is 4.79 Å². The molecule has 5 heteroatoms. The molecule has 0 radical (unpaired) electrons. The van der Waals surface area contributed by atoms with E-state index in [1.165, 1.54) is 0 Å². The van der Waals surface area contributed by atoms with Gasteiger partial charge < -0.3 is 20.1 Å². The Morgan fingerprint density at radius 2 is 2.20 bits per heavy atom. The summed E-state index contributed by atoms with van der Waals surface area (Å²) in [6.45, 7) is 9.99. The molecule has 118 valence electrons. The minimum atomic E-state index is -0.449. The zero-order valence-electron chi connectivity index (χ0n) is 13.3. The summed E-state index contributed by atoms with van der Waals surface area (Å²) in [4.78, 5) is 11.7. The molecule has 0 bridgehead atoms. The van der Waals surface area contributed by atoms with E-state index in [0.29, 0.717) is 12.6 Å². The van der Waals surface area contributed by atoms with Crippen LogP contribution in [0.2, 0.25) is 0 Å². The number of rotatable bonds is 6. The molecule has 0 aromatic carbocycles. The summed E-state index contributed by atoms with van der Waals surface area (Å²) < 4.78 is 10.7. The van der Waals surface area contributed by atoms with E-state index in [-0.39, 0.29) is 12.1 Å². The smallest absolute Gasteiger partial charge is 0.407 e. The van der Waals surface area contributed by atoms with E-state index in [2.05, 4.69) is 17.6 Å². The van der Waals surface area contributed by atoms with Crippen molar-refractivity contribution in [3.63, 3.8) is 0 Å². The first-order valence-electron chi connectivity index (χ1n) is 7.71. The highest BCUT2D eigenvalue weighted by Crippen LogP contribution is 2.09. The highest BCUT2D eigenvalue weighted by Gasteiger charge is 2.20. The number of nitrogens with one attached hydrogen (secondary N) is 2. The second-order valence-electron chi connectivity index (χ2n) is 6.45. The molecule has 5 nitrogen and oxygen atoms in total. The van der Waals surface area contributed by atoms with Gasteiger partial charge in [-0.05, 0) is 40.0 Å². The number of carbonyl (C=O) groups excluding carboxylic acids is 1. The summed E-state index contributed by atoms with van der Waals surface area (Å²) in [6.07, 6.45) is 4.02. The van der Waals surface area contributed by atoms with Crippen molar-refractivity contribution in [2.75, 3.05) is 19.8 Å². The molecule has 1 saturated heterocycles. The van der Waals surface area contributed by atoms with Crippen molar-refractivity contribution in [2.45, 2.75) is 71.1 Å². The molecule has 2 atom stereocenters. The lowest BCUT2D eigenvalue weighted by Crippen LogP contribution is -2.48. The Balaban J connectivity index is 2.32. The van der Waals surface area contributed by atoms with Gasteiger partial charge in [-0.3, -0.25) is 0 Å². The standard InChI is InChI=1S/C15H30N2O3/c1-5-7-12(17-13-8-6-9-19-11-13)10-16-14(18)20-15(2,3)4/h12-13,17H,5-11H2,1-4H3,(H,16,18). The summed E-state index contributed by atoms with van der Waals surface area (Å²) in [5.41, 5.74) is -0.449. The van der Waals surface area contributed by atoms with Crippen LogP contribution in [0, 0.1) is 0 Å². The van der Waals surface area contributed by atoms with Gasteiger partial charge in [0.15, 0.2) is 0 Å². The third-order valence-corrected chi connectivity index (χ3v) is 3.16. The largest absolute Gasteiger partial charge is 0.444 e. The SMILES string of the molecule is CCCC(CNC(=O)OC(C)(C)C)NC1CCCOC1. The van der Waals surface area contributed by atoms with Gasteiger partial charge in [0.25, 0.3) is 0 Å². The average molecular weight is 286 g/mol. The Labute approximate surface area is 122 Å². The quantitative estimate of drug-likeness (QED) is 0.787. The Morgan fingerprint density at radius 1 is 1.45 bits per heavy atom. The molecule has 1 aliphatic heterocycles. The lowest BCUT2D eigenvalue weighted by Gasteiger charge is -2.29. The number of alkyl carbamates (subject to hydrolysis) is 1. The van der Waals surface area contributed by atoms with E-state index in [1.54, 1.807) is 0 Å². The molecule has 1 amide bonds. The Bertz CT molecular complexity index is 283. The molecular weight excluding hydrogens is 256 g/mol. The number of carbonyl (C=O) groups is 1.